The van der Waals surface area contributed by atoms with Gasteiger partial charge in [-0.1, -0.05) is 0 Å². The van der Waals surface area contributed by atoms with Crippen LogP contribution in [0.3, 0.4) is 0 Å². The van der Waals surface area contributed by atoms with Crippen LogP contribution in [0.15, 0.2) is 42.7 Å². The molecule has 3 N–H and O–H groups in total. The van der Waals surface area contributed by atoms with Crippen molar-refractivity contribution in [1.29, 1.82) is 0 Å². The van der Waals surface area contributed by atoms with Gasteiger partial charge in [0.05, 0.1) is 37.2 Å². The molecule has 4 rings (SSSR count). The molecule has 4 heterocycles. The van der Waals surface area contributed by atoms with Gasteiger partial charge in [-0.3, -0.25) is 9.78 Å². The summed E-state index contributed by atoms with van der Waals surface area (Å²) in [5, 5.41) is 15.2. The Labute approximate surface area is 216 Å². The second-order valence-electron chi connectivity index (χ2n) is 9.55. The first-order valence-electron chi connectivity index (χ1n) is 12.3. The van der Waals surface area contributed by atoms with E-state index >= 15 is 0 Å². The van der Waals surface area contributed by atoms with Gasteiger partial charge < -0.3 is 25.4 Å². The van der Waals surface area contributed by atoms with Gasteiger partial charge in [0.1, 0.15) is 11.5 Å². The predicted molar refractivity (Wildman–Crippen MR) is 142 cm³/mol. The van der Waals surface area contributed by atoms with Crippen LogP contribution < -0.4 is 15.5 Å². The Morgan fingerprint density at radius 1 is 1.24 bits per heavy atom. The lowest BCUT2D eigenvalue weighted by atomic mass is 10.0. The predicted octanol–water partition coefficient (Wildman–Crippen LogP) is 3.93. The zero-order chi connectivity index (χ0) is 26.6. The molecule has 0 saturated carbocycles. The summed E-state index contributed by atoms with van der Waals surface area (Å²) in [6, 6.07) is 8.75. The number of carbonyl (C=O) groups is 1. The van der Waals surface area contributed by atoms with Crippen LogP contribution in [0.2, 0.25) is 0 Å². The van der Waals surface area contributed by atoms with Gasteiger partial charge in [-0.2, -0.15) is 0 Å². The van der Waals surface area contributed by atoms with Crippen molar-refractivity contribution in [3.05, 3.63) is 59.7 Å². The molecule has 10 heteroatoms. The second kappa shape index (κ2) is 11.2. The van der Waals surface area contributed by atoms with Crippen LogP contribution in [-0.2, 0) is 10.4 Å². The molecular weight excluding hydrogens is 475 g/mol. The molecule has 196 valence electrons. The average molecular weight is 509 g/mol. The highest BCUT2D eigenvalue weighted by atomic mass is 19.1. The molecule has 0 bridgehead atoms. The van der Waals surface area contributed by atoms with E-state index in [2.05, 4.69) is 32.4 Å². The molecule has 0 unspecified atom stereocenters. The summed E-state index contributed by atoms with van der Waals surface area (Å²) < 4.78 is 20.1. The summed E-state index contributed by atoms with van der Waals surface area (Å²) >= 11 is 0. The highest BCUT2D eigenvalue weighted by Crippen LogP contribution is 2.34. The summed E-state index contributed by atoms with van der Waals surface area (Å²) in [6.07, 6.45) is 3.12. The number of pyridine rings is 3. The van der Waals surface area contributed by atoms with Crippen LogP contribution >= 0.6 is 0 Å². The maximum atomic E-state index is 14.5. The number of aryl methyl sites for hydroxylation is 1. The molecule has 0 aliphatic carbocycles. The Kier molecular flexibility index (Phi) is 7.99. The summed E-state index contributed by atoms with van der Waals surface area (Å²) in [4.78, 5) is 28.8. The van der Waals surface area contributed by atoms with Gasteiger partial charge in [0.15, 0.2) is 5.82 Å². The monoisotopic (exact) mass is 508 g/mol. The third-order valence-electron chi connectivity index (χ3n) is 6.20. The number of amides is 1. The molecule has 1 fully saturated rings. The van der Waals surface area contributed by atoms with Gasteiger partial charge in [0.25, 0.3) is 5.91 Å². The van der Waals surface area contributed by atoms with E-state index < -0.39 is 5.67 Å². The largest absolute Gasteiger partial charge is 0.395 e. The van der Waals surface area contributed by atoms with Crippen LogP contribution in [0.4, 0.5) is 21.7 Å². The minimum atomic E-state index is -1.67. The van der Waals surface area contributed by atoms with E-state index in [1.165, 1.54) is 26.1 Å². The summed E-state index contributed by atoms with van der Waals surface area (Å²) in [6.45, 7) is 8.91. The topological polar surface area (TPSA) is 112 Å². The number of ether oxygens (including phenoxy) is 1. The highest BCUT2D eigenvalue weighted by Gasteiger charge is 2.26. The minimum absolute atomic E-state index is 0.00852. The molecule has 1 atom stereocenters. The molecule has 1 aliphatic heterocycles. The van der Waals surface area contributed by atoms with Crippen LogP contribution in [0.1, 0.15) is 42.5 Å². The van der Waals surface area contributed by atoms with Gasteiger partial charge in [-0.15, -0.1) is 0 Å². The number of aliphatic hydroxyl groups excluding tert-OH is 1. The van der Waals surface area contributed by atoms with Gasteiger partial charge in [0, 0.05) is 42.3 Å². The van der Waals surface area contributed by atoms with Crippen LogP contribution in [0.5, 0.6) is 0 Å². The third kappa shape index (κ3) is 6.20. The number of carbonyl (C=O) groups excluding carboxylic acids is 1. The number of hydrogen-bond acceptors (Lipinski definition) is 8. The number of nitrogens with zero attached hydrogens (tertiary/aromatic N) is 4. The number of halogens is 1. The Balaban J connectivity index is 1.75. The molecule has 0 radical (unpaired) electrons. The highest BCUT2D eigenvalue weighted by molar-refractivity contribution is 6.06. The summed E-state index contributed by atoms with van der Waals surface area (Å²) in [5.74, 6) is 0.894. The molecule has 1 aliphatic rings. The minimum Gasteiger partial charge on any atom is -0.395 e. The zero-order valence-corrected chi connectivity index (χ0v) is 21.6. The van der Waals surface area contributed by atoms with Crippen LogP contribution in [0, 0.1) is 6.92 Å². The van der Waals surface area contributed by atoms with Crippen molar-refractivity contribution in [2.24, 2.45) is 0 Å². The lowest BCUT2D eigenvalue weighted by molar-refractivity contribution is 0.0985. The molecule has 3 aromatic rings. The first-order chi connectivity index (χ1) is 17.7. The van der Waals surface area contributed by atoms with E-state index in [1.54, 1.807) is 12.3 Å². The fourth-order valence-corrected chi connectivity index (χ4v) is 4.21. The molecule has 1 amide bonds. The van der Waals surface area contributed by atoms with Gasteiger partial charge in [-0.05, 0) is 63.6 Å². The molecule has 37 heavy (non-hydrogen) atoms. The number of aliphatic hydroxyl groups is 1. The molecule has 3 aromatic heterocycles. The smallest absolute Gasteiger partial charge is 0.255 e. The number of alkyl halides is 1. The van der Waals surface area contributed by atoms with Crippen molar-refractivity contribution in [3.63, 3.8) is 0 Å². The molecule has 0 aromatic carbocycles. The first kappa shape index (κ1) is 26.4. The van der Waals surface area contributed by atoms with Gasteiger partial charge >= 0.3 is 0 Å². The Bertz CT molecular complexity index is 1260. The number of rotatable bonds is 8. The maximum absolute atomic E-state index is 14.5. The van der Waals surface area contributed by atoms with E-state index in [1.807, 2.05) is 25.1 Å². The summed E-state index contributed by atoms with van der Waals surface area (Å²) in [5.41, 5.74) is 1.84. The number of hydrogen-bond donors (Lipinski definition) is 3. The lowest BCUT2D eigenvalue weighted by Gasteiger charge is -2.35. The fourth-order valence-electron chi connectivity index (χ4n) is 4.21. The van der Waals surface area contributed by atoms with Crippen molar-refractivity contribution in [3.8, 4) is 11.1 Å². The standard InChI is InChI=1S/C27H33FN6O3/c1-17-16-37-12-10-34(17)25-22(33-26(36)20-6-7-29-23(13-20)27(3,4)28)15-21(18(2)32-25)19-5-8-30-24(14-19)31-9-11-35/h5-8,13-15,17,35H,9-12,16H2,1-4H3,(H,30,31)(H,33,36)/t17-/m1/s1. The lowest BCUT2D eigenvalue weighted by Crippen LogP contribution is -2.44. The van der Waals surface area contributed by atoms with Crippen molar-refractivity contribution in [2.45, 2.75) is 39.4 Å². The SMILES string of the molecule is Cc1nc(N2CCOC[C@H]2C)c(NC(=O)c2ccnc(C(C)(C)F)c2)cc1-c1ccnc(NCCO)c1. The molecular formula is C27H33FN6O3. The zero-order valence-electron chi connectivity index (χ0n) is 21.6. The second-order valence-corrected chi connectivity index (χ2v) is 9.55. The maximum Gasteiger partial charge on any atom is 0.255 e. The van der Waals surface area contributed by atoms with Crippen molar-refractivity contribution in [2.75, 3.05) is 48.4 Å². The van der Waals surface area contributed by atoms with Gasteiger partial charge in [0.2, 0.25) is 0 Å². The Hall–Kier alpha value is -3.63. The van der Waals surface area contributed by atoms with E-state index in [4.69, 9.17) is 14.8 Å². The van der Waals surface area contributed by atoms with E-state index in [0.29, 0.717) is 49.2 Å². The number of nitrogens with one attached hydrogen (secondary N) is 2. The average Bonchev–Trinajstić information content (AvgIpc) is 2.88. The van der Waals surface area contributed by atoms with Crippen molar-refractivity contribution < 1.29 is 19.0 Å². The Morgan fingerprint density at radius 3 is 2.76 bits per heavy atom. The van der Waals surface area contributed by atoms with Crippen molar-refractivity contribution in [1.82, 2.24) is 15.0 Å². The fraction of sp³-hybridized carbons (Fsp3) is 0.407. The first-order valence-corrected chi connectivity index (χ1v) is 12.3. The number of anilines is 3. The third-order valence-corrected chi connectivity index (χ3v) is 6.20. The van der Waals surface area contributed by atoms with E-state index in [0.717, 1.165) is 16.8 Å². The molecule has 9 nitrogen and oxygen atoms in total. The quantitative estimate of drug-likeness (QED) is 0.420. The van der Waals surface area contributed by atoms with Crippen molar-refractivity contribution >= 4 is 23.2 Å². The van der Waals surface area contributed by atoms with Crippen LogP contribution in [-0.4, -0.2) is 64.9 Å². The normalized spacial score (nSPS) is 15.9. The molecule has 1 saturated heterocycles. The molecule has 0 spiro atoms. The summed E-state index contributed by atoms with van der Waals surface area (Å²) in [7, 11) is 0. The number of aromatic nitrogens is 3. The van der Waals surface area contributed by atoms with Crippen LogP contribution in [0.25, 0.3) is 11.1 Å². The Morgan fingerprint density at radius 2 is 2.03 bits per heavy atom. The number of morpholine rings is 1. The van der Waals surface area contributed by atoms with Gasteiger partial charge in [-0.25, -0.2) is 14.4 Å². The van der Waals surface area contributed by atoms with E-state index in [-0.39, 0.29) is 24.2 Å². The van der Waals surface area contributed by atoms with E-state index in [9.17, 15) is 9.18 Å².